The van der Waals surface area contributed by atoms with E-state index in [0.717, 1.165) is 25.7 Å². The van der Waals surface area contributed by atoms with E-state index in [1.54, 1.807) is 12.2 Å². The molecule has 0 fully saturated rings. The molecule has 0 amide bonds. The van der Waals surface area contributed by atoms with E-state index in [1.165, 1.54) is 0 Å². The molecule has 35 heavy (non-hydrogen) atoms. The molecular formula is C26H39O8Ru+. The molecule has 0 spiro atoms. The van der Waals surface area contributed by atoms with E-state index in [-0.39, 0.29) is 49.1 Å². The Bertz CT molecular complexity index is 643. The van der Waals surface area contributed by atoms with Gasteiger partial charge in [0.1, 0.15) is 6.58 Å². The van der Waals surface area contributed by atoms with E-state index < -0.39 is 5.41 Å². The van der Waals surface area contributed by atoms with Crippen molar-refractivity contribution in [3.63, 3.8) is 0 Å². The summed E-state index contributed by atoms with van der Waals surface area (Å²) in [7, 11) is 0. The molecule has 1 rings (SSSR count). The summed E-state index contributed by atoms with van der Waals surface area (Å²) in [5.41, 5.74) is -0.671. The first-order chi connectivity index (χ1) is 16.2. The second-order valence-corrected chi connectivity index (χ2v) is 6.74. The van der Waals surface area contributed by atoms with Crippen molar-refractivity contribution < 1.29 is 57.7 Å². The third-order valence-corrected chi connectivity index (χ3v) is 5.02. The fraction of sp³-hybridized carbons (Fsp3) is 0.538. The Morgan fingerprint density at radius 2 is 1.29 bits per heavy atom. The van der Waals surface area contributed by atoms with E-state index in [0.29, 0.717) is 26.1 Å². The first-order valence-corrected chi connectivity index (χ1v) is 10.9. The van der Waals surface area contributed by atoms with Crippen molar-refractivity contribution in [1.82, 2.24) is 0 Å². The van der Waals surface area contributed by atoms with Gasteiger partial charge in [-0.2, -0.15) is 19.2 Å². The van der Waals surface area contributed by atoms with Crippen LogP contribution in [0.1, 0.15) is 66.2 Å². The Morgan fingerprint density at radius 1 is 0.914 bits per heavy atom. The van der Waals surface area contributed by atoms with Gasteiger partial charge in [0.25, 0.3) is 0 Å². The Kier molecular flexibility index (Phi) is 35.4. The molecular weight excluding hydrogens is 541 g/mol. The molecule has 0 N–H and O–H groups in total. The predicted octanol–water partition coefficient (Wildman–Crippen LogP) is 4.83. The SMILES string of the molecule is C=CCC(CC)(CC=C)C(=O)OCC.CCOC(=O)C1(CC)CC=CC1.O=C=O.O=C=O.[CH+]=C.[Ru]. The van der Waals surface area contributed by atoms with E-state index >= 15 is 0 Å². The van der Waals surface area contributed by atoms with E-state index in [9.17, 15) is 9.59 Å². The van der Waals surface area contributed by atoms with Gasteiger partial charge in [-0.25, -0.2) is 0 Å². The molecule has 0 unspecified atom stereocenters. The number of ether oxygens (including phenoxy) is 2. The average molecular weight is 581 g/mol. The summed E-state index contributed by atoms with van der Waals surface area (Å²) in [6.45, 7) is 23.0. The molecule has 198 valence electrons. The number of hydrogen-bond acceptors (Lipinski definition) is 8. The molecule has 1 aliphatic rings. The molecule has 0 aromatic heterocycles. The van der Waals surface area contributed by atoms with E-state index in [1.807, 2.05) is 27.7 Å². The van der Waals surface area contributed by atoms with Crippen LogP contribution in [0.15, 0.2) is 44.0 Å². The molecule has 1 aliphatic carbocycles. The van der Waals surface area contributed by atoms with Gasteiger partial charge < -0.3 is 9.47 Å². The minimum Gasteiger partial charge on any atom is -0.466 e. The topological polar surface area (TPSA) is 121 Å². The molecule has 0 aromatic rings. The molecule has 0 atom stereocenters. The van der Waals surface area contributed by atoms with Crippen LogP contribution in [-0.4, -0.2) is 37.5 Å². The average Bonchev–Trinajstić information content (AvgIpc) is 3.33. The third-order valence-electron chi connectivity index (χ3n) is 5.02. The summed E-state index contributed by atoms with van der Waals surface area (Å²) in [6, 6.07) is 0. The van der Waals surface area contributed by atoms with Crippen LogP contribution in [0, 0.1) is 17.4 Å². The van der Waals surface area contributed by atoms with Crippen LogP contribution >= 0.6 is 0 Å². The molecule has 8 nitrogen and oxygen atoms in total. The smallest absolute Gasteiger partial charge is 0.373 e. The van der Waals surface area contributed by atoms with Crippen molar-refractivity contribution in [1.29, 1.82) is 0 Å². The van der Waals surface area contributed by atoms with Crippen molar-refractivity contribution in [3.8, 4) is 0 Å². The minimum atomic E-state index is -0.445. The van der Waals surface area contributed by atoms with Crippen LogP contribution in [0.25, 0.3) is 0 Å². The number of rotatable bonds is 10. The summed E-state index contributed by atoms with van der Waals surface area (Å²) in [6.07, 6.45) is 12.8. The predicted molar refractivity (Wildman–Crippen MR) is 127 cm³/mol. The van der Waals surface area contributed by atoms with Gasteiger partial charge in [-0.15, -0.1) is 13.2 Å². The van der Waals surface area contributed by atoms with Crippen molar-refractivity contribution >= 4 is 24.2 Å². The maximum atomic E-state index is 11.8. The minimum absolute atomic E-state index is 0. The fourth-order valence-corrected chi connectivity index (χ4v) is 3.10. The van der Waals surface area contributed by atoms with Gasteiger partial charge in [0, 0.05) is 19.5 Å². The van der Waals surface area contributed by atoms with Crippen LogP contribution in [0.4, 0.5) is 0 Å². The van der Waals surface area contributed by atoms with Crippen LogP contribution < -0.4 is 0 Å². The molecule has 0 aromatic carbocycles. The maximum Gasteiger partial charge on any atom is 0.373 e. The number of hydrogen-bond donors (Lipinski definition) is 0. The van der Waals surface area contributed by atoms with Crippen LogP contribution in [0.5, 0.6) is 0 Å². The first-order valence-electron chi connectivity index (χ1n) is 10.9. The first kappa shape index (κ1) is 42.4. The van der Waals surface area contributed by atoms with Crippen LogP contribution in [0.2, 0.25) is 0 Å². The molecule has 0 bridgehead atoms. The summed E-state index contributed by atoms with van der Waals surface area (Å²) >= 11 is 0. The second kappa shape index (κ2) is 29.2. The summed E-state index contributed by atoms with van der Waals surface area (Å²) < 4.78 is 10.1. The van der Waals surface area contributed by atoms with Gasteiger partial charge in [0.2, 0.25) is 0 Å². The number of carbonyl (C=O) groups is 2. The van der Waals surface area contributed by atoms with E-state index in [2.05, 4.69) is 38.5 Å². The summed E-state index contributed by atoms with van der Waals surface area (Å²) in [5.74, 6) is -0.167. The molecule has 0 heterocycles. The zero-order valence-electron chi connectivity index (χ0n) is 21.3. The van der Waals surface area contributed by atoms with E-state index in [4.69, 9.17) is 28.7 Å². The monoisotopic (exact) mass is 581 g/mol. The summed E-state index contributed by atoms with van der Waals surface area (Å²) in [4.78, 5) is 55.8. The van der Waals surface area contributed by atoms with Crippen molar-refractivity contribution in [3.05, 3.63) is 50.6 Å². The second-order valence-electron chi connectivity index (χ2n) is 6.74. The fourth-order valence-electron chi connectivity index (χ4n) is 3.10. The Morgan fingerprint density at radius 3 is 1.54 bits per heavy atom. The summed E-state index contributed by atoms with van der Waals surface area (Å²) in [5, 5.41) is 0. The zero-order chi connectivity index (χ0) is 27.5. The molecule has 0 saturated carbocycles. The van der Waals surface area contributed by atoms with Gasteiger partial charge >= 0.3 is 24.2 Å². The molecule has 9 heteroatoms. The quantitative estimate of drug-likeness (QED) is 0.156. The van der Waals surface area contributed by atoms with Crippen molar-refractivity contribution in [2.75, 3.05) is 13.2 Å². The maximum absolute atomic E-state index is 11.8. The third kappa shape index (κ3) is 18.2. The van der Waals surface area contributed by atoms with Gasteiger partial charge in [0.05, 0.1) is 24.0 Å². The van der Waals surface area contributed by atoms with Crippen molar-refractivity contribution in [2.24, 2.45) is 10.8 Å². The zero-order valence-corrected chi connectivity index (χ0v) is 23.0. The van der Waals surface area contributed by atoms with Crippen LogP contribution in [-0.2, 0) is 57.7 Å². The van der Waals surface area contributed by atoms with Gasteiger partial charge in [-0.05, 0) is 52.4 Å². The number of allylic oxidation sites excluding steroid dienone is 4. The largest absolute Gasteiger partial charge is 0.466 e. The molecule has 0 aliphatic heterocycles. The number of carbonyl (C=O) groups excluding carboxylic acids is 6. The van der Waals surface area contributed by atoms with Crippen molar-refractivity contribution in [2.45, 2.75) is 66.2 Å². The Hall–Kier alpha value is -2.81. The van der Waals surface area contributed by atoms with Gasteiger partial charge in [-0.1, -0.05) is 38.2 Å². The van der Waals surface area contributed by atoms with Gasteiger partial charge in [0.15, 0.2) is 6.58 Å². The van der Waals surface area contributed by atoms with Gasteiger partial charge in [-0.3, -0.25) is 9.59 Å². The number of esters is 2. The molecule has 0 radical (unpaired) electrons. The molecule has 0 saturated heterocycles. The Labute approximate surface area is 222 Å². The van der Waals surface area contributed by atoms with Crippen LogP contribution in [0.3, 0.4) is 0 Å². The Balaban J connectivity index is -0.000000130. The normalized spacial score (nSPS) is 11.5. The standard InChI is InChI=1S/C12H20O2.C10H16O2.C2H3.2CO2.Ru/c1-5-9-12(7-3,10-6-2)11(13)14-8-4;1-3-10(7-5-6-8-10)9(11)12-4-2;1-2;2*2-1-3;/h5-6H,1-2,7-10H2,3-4H3;5-6H,3-4,7-8H2,1-2H3;1H,2H2;;;/q;;+1;;;.